The van der Waals surface area contributed by atoms with Crippen LogP contribution in [0.5, 0.6) is 5.75 Å². The van der Waals surface area contributed by atoms with Crippen LogP contribution in [0.25, 0.3) is 0 Å². The molecule has 5 heteroatoms. The molecule has 102 valence electrons. The number of carbonyl (C=O) groups is 1. The number of hydrogen-bond acceptors (Lipinski definition) is 4. The van der Waals surface area contributed by atoms with E-state index in [-0.39, 0.29) is 5.91 Å². The fourth-order valence-electron chi connectivity index (χ4n) is 2.13. The molecule has 0 saturated carbocycles. The Morgan fingerprint density at radius 1 is 1.40 bits per heavy atom. The van der Waals surface area contributed by atoms with Crippen molar-refractivity contribution >= 4 is 17.3 Å². The van der Waals surface area contributed by atoms with Crippen molar-refractivity contribution < 1.29 is 9.53 Å². The number of fused-ring (bicyclic) bond motifs is 1. The van der Waals surface area contributed by atoms with Gasteiger partial charge in [0.1, 0.15) is 6.61 Å². The normalized spacial score (nSPS) is 12.8. The Bertz CT molecular complexity index is 655. The Hall–Kier alpha value is -2.56. The minimum Gasteiger partial charge on any atom is -0.489 e. The van der Waals surface area contributed by atoms with E-state index in [0.717, 1.165) is 17.8 Å². The van der Waals surface area contributed by atoms with Gasteiger partial charge in [0.25, 0.3) is 5.91 Å². The predicted molar refractivity (Wildman–Crippen MR) is 77.4 cm³/mol. The van der Waals surface area contributed by atoms with Crippen LogP contribution in [0.4, 0.5) is 11.4 Å². The molecule has 1 aromatic heterocycles. The van der Waals surface area contributed by atoms with Crippen molar-refractivity contribution in [3.05, 3.63) is 47.8 Å². The van der Waals surface area contributed by atoms with Crippen LogP contribution in [0.15, 0.2) is 36.7 Å². The topological polar surface area (TPSA) is 63.2 Å². The molecule has 0 saturated heterocycles. The third-order valence-electron chi connectivity index (χ3n) is 3.21. The van der Waals surface area contributed by atoms with Crippen molar-refractivity contribution in [2.45, 2.75) is 6.92 Å². The first kappa shape index (κ1) is 12.5. The van der Waals surface area contributed by atoms with Gasteiger partial charge in [0.2, 0.25) is 0 Å². The number of para-hydroxylation sites is 1. The fourth-order valence-corrected chi connectivity index (χ4v) is 2.13. The number of amides is 1. The lowest BCUT2D eigenvalue weighted by atomic mass is 10.1. The summed E-state index contributed by atoms with van der Waals surface area (Å²) in [6.07, 6.45) is 3.34. The molecule has 0 bridgehead atoms. The van der Waals surface area contributed by atoms with E-state index < -0.39 is 0 Å². The summed E-state index contributed by atoms with van der Waals surface area (Å²) in [4.78, 5) is 16.4. The molecular formula is C15H15N3O2. The number of hydrogen-bond donors (Lipinski definition) is 2. The van der Waals surface area contributed by atoms with E-state index in [9.17, 15) is 4.79 Å². The van der Waals surface area contributed by atoms with Crippen molar-refractivity contribution in [2.75, 3.05) is 23.8 Å². The molecule has 0 atom stereocenters. The van der Waals surface area contributed by atoms with Gasteiger partial charge in [0.05, 0.1) is 23.1 Å². The number of nitrogens with zero attached hydrogens (tertiary/aromatic N) is 1. The summed E-state index contributed by atoms with van der Waals surface area (Å²) in [5.74, 6) is 0.416. The molecule has 1 amide bonds. The van der Waals surface area contributed by atoms with Crippen LogP contribution in [0.3, 0.4) is 0 Å². The van der Waals surface area contributed by atoms with E-state index in [4.69, 9.17) is 4.74 Å². The zero-order valence-corrected chi connectivity index (χ0v) is 11.1. The third kappa shape index (κ3) is 2.30. The Labute approximate surface area is 117 Å². The predicted octanol–water partition coefficient (Wildman–Crippen LogP) is 2.45. The molecule has 0 aliphatic carbocycles. The summed E-state index contributed by atoms with van der Waals surface area (Å²) in [5.41, 5.74) is 3.06. The monoisotopic (exact) mass is 269 g/mol. The van der Waals surface area contributed by atoms with Crippen molar-refractivity contribution in [1.82, 2.24) is 4.98 Å². The van der Waals surface area contributed by atoms with Crippen LogP contribution >= 0.6 is 0 Å². The maximum atomic E-state index is 12.4. The minimum absolute atomic E-state index is 0.193. The van der Waals surface area contributed by atoms with Crippen LogP contribution in [0, 0.1) is 6.92 Å². The Kier molecular flexibility index (Phi) is 3.25. The Balaban J connectivity index is 1.90. The lowest BCUT2D eigenvalue weighted by Gasteiger charge is -2.21. The zero-order valence-electron chi connectivity index (χ0n) is 11.1. The van der Waals surface area contributed by atoms with Crippen molar-refractivity contribution in [1.29, 1.82) is 0 Å². The first-order chi connectivity index (χ1) is 9.75. The molecule has 1 aliphatic rings. The smallest absolute Gasteiger partial charge is 0.259 e. The average Bonchev–Trinajstić information content (AvgIpc) is 2.49. The van der Waals surface area contributed by atoms with E-state index in [1.165, 1.54) is 0 Å². The largest absolute Gasteiger partial charge is 0.489 e. The highest BCUT2D eigenvalue weighted by Gasteiger charge is 2.19. The van der Waals surface area contributed by atoms with Crippen LogP contribution in [-0.4, -0.2) is 24.0 Å². The molecule has 2 heterocycles. The molecule has 3 rings (SSSR count). The SMILES string of the molecule is Cc1ccncc1NC(=O)c1cccc2c1OCCN2. The molecule has 5 nitrogen and oxygen atoms in total. The minimum atomic E-state index is -0.193. The average molecular weight is 269 g/mol. The summed E-state index contributed by atoms with van der Waals surface area (Å²) in [6, 6.07) is 7.35. The third-order valence-corrected chi connectivity index (χ3v) is 3.21. The van der Waals surface area contributed by atoms with Gasteiger partial charge < -0.3 is 15.4 Å². The molecular weight excluding hydrogens is 254 g/mol. The van der Waals surface area contributed by atoms with E-state index in [0.29, 0.717) is 23.6 Å². The molecule has 1 aromatic carbocycles. The second-order valence-electron chi connectivity index (χ2n) is 4.60. The number of carbonyl (C=O) groups excluding carboxylic acids is 1. The maximum absolute atomic E-state index is 12.4. The second kappa shape index (κ2) is 5.21. The highest BCUT2D eigenvalue weighted by atomic mass is 16.5. The standard InChI is InChI=1S/C15H15N3O2/c1-10-5-6-16-9-13(10)18-15(19)11-3-2-4-12-14(11)20-8-7-17-12/h2-6,9,17H,7-8H2,1H3,(H,18,19). The summed E-state index contributed by atoms with van der Waals surface area (Å²) in [7, 11) is 0. The summed E-state index contributed by atoms with van der Waals surface area (Å²) in [6.45, 7) is 3.23. The first-order valence-corrected chi connectivity index (χ1v) is 6.47. The number of nitrogens with one attached hydrogen (secondary N) is 2. The van der Waals surface area contributed by atoms with Gasteiger partial charge in [-0.2, -0.15) is 0 Å². The van der Waals surface area contributed by atoms with Crippen molar-refractivity contribution in [2.24, 2.45) is 0 Å². The molecule has 0 fully saturated rings. The molecule has 2 N–H and O–H groups in total. The lowest BCUT2D eigenvalue weighted by Crippen LogP contribution is -2.22. The highest BCUT2D eigenvalue weighted by molar-refractivity contribution is 6.07. The summed E-state index contributed by atoms with van der Waals surface area (Å²) < 4.78 is 5.60. The van der Waals surface area contributed by atoms with E-state index in [2.05, 4.69) is 15.6 Å². The van der Waals surface area contributed by atoms with Gasteiger partial charge in [-0.25, -0.2) is 0 Å². The molecule has 0 unspecified atom stereocenters. The Morgan fingerprint density at radius 3 is 3.15 bits per heavy atom. The lowest BCUT2D eigenvalue weighted by molar-refractivity contribution is 0.102. The van der Waals surface area contributed by atoms with Crippen molar-refractivity contribution in [3.63, 3.8) is 0 Å². The van der Waals surface area contributed by atoms with Crippen LogP contribution in [0.1, 0.15) is 15.9 Å². The number of rotatable bonds is 2. The number of anilines is 2. The van der Waals surface area contributed by atoms with Gasteiger partial charge in [-0.15, -0.1) is 0 Å². The van der Waals surface area contributed by atoms with Crippen LogP contribution in [0.2, 0.25) is 0 Å². The van der Waals surface area contributed by atoms with Gasteiger partial charge in [-0.05, 0) is 30.7 Å². The first-order valence-electron chi connectivity index (χ1n) is 6.47. The maximum Gasteiger partial charge on any atom is 0.259 e. The zero-order chi connectivity index (χ0) is 13.9. The van der Waals surface area contributed by atoms with Gasteiger partial charge in [0, 0.05) is 12.7 Å². The molecule has 0 spiro atoms. The molecule has 0 radical (unpaired) electrons. The number of pyridine rings is 1. The summed E-state index contributed by atoms with van der Waals surface area (Å²) >= 11 is 0. The van der Waals surface area contributed by atoms with Gasteiger partial charge in [-0.1, -0.05) is 6.07 Å². The number of benzene rings is 1. The van der Waals surface area contributed by atoms with Crippen LogP contribution < -0.4 is 15.4 Å². The van der Waals surface area contributed by atoms with E-state index in [1.54, 1.807) is 18.5 Å². The number of ether oxygens (including phenoxy) is 1. The molecule has 2 aromatic rings. The van der Waals surface area contributed by atoms with E-state index in [1.807, 2.05) is 25.1 Å². The van der Waals surface area contributed by atoms with Gasteiger partial charge in [0.15, 0.2) is 5.75 Å². The molecule has 20 heavy (non-hydrogen) atoms. The quantitative estimate of drug-likeness (QED) is 0.879. The van der Waals surface area contributed by atoms with E-state index >= 15 is 0 Å². The highest BCUT2D eigenvalue weighted by Crippen LogP contribution is 2.31. The van der Waals surface area contributed by atoms with Gasteiger partial charge in [-0.3, -0.25) is 9.78 Å². The fraction of sp³-hybridized carbons (Fsp3) is 0.200. The second-order valence-corrected chi connectivity index (χ2v) is 4.60. The molecule has 1 aliphatic heterocycles. The number of aromatic nitrogens is 1. The number of aryl methyl sites for hydroxylation is 1. The summed E-state index contributed by atoms with van der Waals surface area (Å²) in [5, 5.41) is 6.08. The van der Waals surface area contributed by atoms with Crippen LogP contribution in [-0.2, 0) is 0 Å². The van der Waals surface area contributed by atoms with Gasteiger partial charge >= 0.3 is 0 Å². The Morgan fingerprint density at radius 2 is 2.30 bits per heavy atom. The van der Waals surface area contributed by atoms with Crippen molar-refractivity contribution in [3.8, 4) is 5.75 Å².